The van der Waals surface area contributed by atoms with Gasteiger partial charge >= 0.3 is 5.97 Å². The number of aliphatic carboxylic acids is 1. The minimum Gasteiger partial charge on any atom is -0.481 e. The molecule has 6 nitrogen and oxygen atoms in total. The molecule has 0 radical (unpaired) electrons. The molecule has 1 aromatic heterocycles. The molecule has 1 heterocycles. The highest BCUT2D eigenvalue weighted by atomic mass is 16.4. The molecule has 2 aromatic carbocycles. The minimum atomic E-state index is -0.969. The maximum absolute atomic E-state index is 12.7. The minimum absolute atomic E-state index is 0.185. The number of carboxylic acid groups (broad SMARTS) is 1. The molecule has 3 N–H and O–H groups in total. The number of para-hydroxylation sites is 1. The number of rotatable bonds is 5. The second-order valence-electron chi connectivity index (χ2n) is 5.62. The molecular weight excluding hydrogens is 306 g/mol. The van der Waals surface area contributed by atoms with E-state index >= 15 is 0 Å². The molecule has 24 heavy (non-hydrogen) atoms. The highest BCUT2D eigenvalue weighted by Gasteiger charge is 2.21. The van der Waals surface area contributed by atoms with Crippen molar-refractivity contribution in [3.8, 4) is 0 Å². The number of nitrogens with zero attached hydrogens (tertiary/aromatic N) is 1. The highest BCUT2D eigenvalue weighted by molar-refractivity contribution is 6.05. The number of carbonyl (C=O) groups is 2. The van der Waals surface area contributed by atoms with Crippen LogP contribution in [0.3, 0.4) is 0 Å². The van der Waals surface area contributed by atoms with Crippen molar-refractivity contribution in [3.63, 3.8) is 0 Å². The molecule has 0 bridgehead atoms. The van der Waals surface area contributed by atoms with Crippen LogP contribution in [-0.4, -0.2) is 27.2 Å². The van der Waals surface area contributed by atoms with E-state index in [1.165, 1.54) is 0 Å². The van der Waals surface area contributed by atoms with E-state index in [9.17, 15) is 14.7 Å². The molecule has 1 atom stereocenters. The fourth-order valence-corrected chi connectivity index (χ4v) is 2.79. The largest absolute Gasteiger partial charge is 0.481 e. The van der Waals surface area contributed by atoms with Crippen molar-refractivity contribution in [2.24, 2.45) is 0 Å². The standard InChI is InChI=1S/C18H17N3O3/c1-11-5-2-3-7-13(11)15(9-16(22)23)20-18(24)14-8-4-6-12-10-19-21-17(12)14/h2-8,10,15H,9H2,1H3,(H,19,21)(H,20,24)(H,22,23)/t15-/m1/s1. The van der Waals surface area contributed by atoms with Gasteiger partial charge in [0.15, 0.2) is 0 Å². The van der Waals surface area contributed by atoms with Crippen LogP contribution in [0.4, 0.5) is 0 Å². The van der Waals surface area contributed by atoms with Gasteiger partial charge in [-0.25, -0.2) is 0 Å². The number of amides is 1. The number of hydrogen-bond donors (Lipinski definition) is 3. The molecule has 3 rings (SSSR count). The van der Waals surface area contributed by atoms with E-state index in [2.05, 4.69) is 15.5 Å². The first-order valence-corrected chi connectivity index (χ1v) is 7.56. The summed E-state index contributed by atoms with van der Waals surface area (Å²) in [7, 11) is 0. The summed E-state index contributed by atoms with van der Waals surface area (Å²) in [4.78, 5) is 23.9. The lowest BCUT2D eigenvalue weighted by Gasteiger charge is -2.19. The Labute approximate surface area is 138 Å². The summed E-state index contributed by atoms with van der Waals surface area (Å²) in [6.07, 6.45) is 1.46. The quantitative estimate of drug-likeness (QED) is 0.673. The first-order chi connectivity index (χ1) is 11.6. The Hall–Kier alpha value is -3.15. The van der Waals surface area contributed by atoms with Gasteiger partial charge in [0.2, 0.25) is 0 Å². The van der Waals surface area contributed by atoms with Crippen molar-refractivity contribution in [3.05, 3.63) is 65.4 Å². The summed E-state index contributed by atoms with van der Waals surface area (Å²) >= 11 is 0. The molecule has 0 spiro atoms. The monoisotopic (exact) mass is 323 g/mol. The third kappa shape index (κ3) is 3.12. The average molecular weight is 323 g/mol. The molecule has 0 aliphatic rings. The Kier molecular flexibility index (Phi) is 4.29. The zero-order valence-corrected chi connectivity index (χ0v) is 13.1. The third-order valence-electron chi connectivity index (χ3n) is 3.97. The first kappa shape index (κ1) is 15.7. The number of aryl methyl sites for hydroxylation is 1. The average Bonchev–Trinajstić information content (AvgIpc) is 3.02. The summed E-state index contributed by atoms with van der Waals surface area (Å²) in [5, 5.41) is 19.6. The normalized spacial score (nSPS) is 12.0. The van der Waals surface area contributed by atoms with Crippen molar-refractivity contribution in [2.45, 2.75) is 19.4 Å². The topological polar surface area (TPSA) is 95.1 Å². The van der Waals surface area contributed by atoms with E-state index < -0.39 is 12.0 Å². The summed E-state index contributed by atoms with van der Waals surface area (Å²) < 4.78 is 0. The van der Waals surface area contributed by atoms with Crippen LogP contribution in [0.1, 0.15) is 33.9 Å². The molecular formula is C18H17N3O3. The Morgan fingerprint density at radius 3 is 2.75 bits per heavy atom. The summed E-state index contributed by atoms with van der Waals surface area (Å²) in [5.41, 5.74) is 2.80. The number of hydrogen-bond acceptors (Lipinski definition) is 3. The van der Waals surface area contributed by atoms with Crippen molar-refractivity contribution in [1.82, 2.24) is 15.5 Å². The van der Waals surface area contributed by atoms with Crippen LogP contribution in [0, 0.1) is 6.92 Å². The van der Waals surface area contributed by atoms with E-state index in [0.29, 0.717) is 11.1 Å². The molecule has 0 saturated carbocycles. The lowest BCUT2D eigenvalue weighted by atomic mass is 9.98. The fraction of sp³-hybridized carbons (Fsp3) is 0.167. The molecule has 122 valence electrons. The number of carboxylic acids is 1. The molecule has 3 aromatic rings. The lowest BCUT2D eigenvalue weighted by molar-refractivity contribution is -0.137. The molecule has 1 amide bonds. The molecule has 0 aliphatic heterocycles. The number of benzene rings is 2. The van der Waals surface area contributed by atoms with Crippen LogP contribution in [-0.2, 0) is 4.79 Å². The zero-order valence-electron chi connectivity index (χ0n) is 13.1. The number of aromatic nitrogens is 2. The predicted octanol–water partition coefficient (Wildman–Crippen LogP) is 2.82. The Morgan fingerprint density at radius 1 is 1.21 bits per heavy atom. The Bertz CT molecular complexity index is 901. The number of aromatic amines is 1. The lowest BCUT2D eigenvalue weighted by Crippen LogP contribution is -2.30. The van der Waals surface area contributed by atoms with E-state index in [0.717, 1.165) is 16.5 Å². The van der Waals surface area contributed by atoms with Gasteiger partial charge in [-0.3, -0.25) is 14.7 Å². The molecule has 0 aliphatic carbocycles. The van der Waals surface area contributed by atoms with Crippen molar-refractivity contribution in [2.75, 3.05) is 0 Å². The van der Waals surface area contributed by atoms with E-state index in [1.54, 1.807) is 18.3 Å². The molecule has 0 fully saturated rings. The fourth-order valence-electron chi connectivity index (χ4n) is 2.79. The second kappa shape index (κ2) is 6.54. The Balaban J connectivity index is 1.93. The summed E-state index contributed by atoms with van der Waals surface area (Å²) in [6, 6.07) is 12.1. The number of fused-ring (bicyclic) bond motifs is 1. The molecule has 6 heteroatoms. The SMILES string of the molecule is Cc1ccccc1[C@@H](CC(=O)O)NC(=O)c1cccc2cn[nH]c12. The van der Waals surface area contributed by atoms with Crippen molar-refractivity contribution in [1.29, 1.82) is 0 Å². The smallest absolute Gasteiger partial charge is 0.305 e. The van der Waals surface area contributed by atoms with Gasteiger partial charge in [0.25, 0.3) is 5.91 Å². The van der Waals surface area contributed by atoms with Crippen LogP contribution in [0.5, 0.6) is 0 Å². The van der Waals surface area contributed by atoms with Gasteiger partial charge in [0.1, 0.15) is 0 Å². The summed E-state index contributed by atoms with van der Waals surface area (Å²) in [6.45, 7) is 1.89. The number of H-pyrrole nitrogens is 1. The Morgan fingerprint density at radius 2 is 2.00 bits per heavy atom. The number of carbonyl (C=O) groups excluding carboxylic acids is 1. The van der Waals surface area contributed by atoms with Gasteiger partial charge in [-0.2, -0.15) is 5.10 Å². The predicted molar refractivity (Wildman–Crippen MR) is 89.7 cm³/mol. The van der Waals surface area contributed by atoms with E-state index in [1.807, 2.05) is 37.3 Å². The maximum Gasteiger partial charge on any atom is 0.305 e. The number of nitrogens with one attached hydrogen (secondary N) is 2. The van der Waals surface area contributed by atoms with Crippen molar-refractivity contribution < 1.29 is 14.7 Å². The van der Waals surface area contributed by atoms with E-state index in [4.69, 9.17) is 0 Å². The molecule has 0 saturated heterocycles. The van der Waals surface area contributed by atoms with Crippen LogP contribution < -0.4 is 5.32 Å². The zero-order chi connectivity index (χ0) is 17.1. The summed E-state index contributed by atoms with van der Waals surface area (Å²) in [5.74, 6) is -1.30. The third-order valence-corrected chi connectivity index (χ3v) is 3.97. The van der Waals surface area contributed by atoms with Crippen LogP contribution in [0.25, 0.3) is 10.9 Å². The van der Waals surface area contributed by atoms with Gasteiger partial charge in [-0.15, -0.1) is 0 Å². The van der Waals surface area contributed by atoms with Crippen LogP contribution in [0.2, 0.25) is 0 Å². The van der Waals surface area contributed by atoms with Crippen LogP contribution >= 0.6 is 0 Å². The highest BCUT2D eigenvalue weighted by Crippen LogP contribution is 2.22. The first-order valence-electron chi connectivity index (χ1n) is 7.56. The van der Waals surface area contributed by atoms with Crippen molar-refractivity contribution >= 4 is 22.8 Å². The van der Waals surface area contributed by atoms with Gasteiger partial charge in [-0.1, -0.05) is 36.4 Å². The van der Waals surface area contributed by atoms with Gasteiger partial charge in [-0.05, 0) is 24.1 Å². The second-order valence-corrected chi connectivity index (χ2v) is 5.62. The van der Waals surface area contributed by atoms with Gasteiger partial charge in [0, 0.05) is 5.39 Å². The van der Waals surface area contributed by atoms with Crippen LogP contribution in [0.15, 0.2) is 48.7 Å². The van der Waals surface area contributed by atoms with Gasteiger partial charge in [0.05, 0.1) is 29.7 Å². The van der Waals surface area contributed by atoms with Gasteiger partial charge < -0.3 is 10.4 Å². The van der Waals surface area contributed by atoms with E-state index in [-0.39, 0.29) is 12.3 Å². The maximum atomic E-state index is 12.7. The molecule has 0 unspecified atom stereocenters.